The number of aliphatic hydroxyl groups excluding tert-OH is 1. The molecular weight excluding hydrogens is 258 g/mol. The second-order valence-electron chi connectivity index (χ2n) is 5.03. The van der Waals surface area contributed by atoms with Gasteiger partial charge < -0.3 is 15.7 Å². The normalized spacial score (nSPS) is 13.1. The lowest BCUT2D eigenvalue weighted by Crippen LogP contribution is -2.42. The van der Waals surface area contributed by atoms with E-state index in [9.17, 15) is 5.11 Å². The molecule has 2 rings (SSSR count). The monoisotopic (exact) mass is 277 g/mol. The van der Waals surface area contributed by atoms with Gasteiger partial charge >= 0.3 is 0 Å². The molecule has 3 N–H and O–H groups in total. The minimum absolute atomic E-state index is 0.388. The summed E-state index contributed by atoms with van der Waals surface area (Å²) in [6.45, 7) is 5.46. The first kappa shape index (κ1) is 14.2. The van der Waals surface area contributed by atoms with Crippen LogP contribution in [0.2, 0.25) is 0 Å². The van der Waals surface area contributed by atoms with E-state index in [2.05, 4.69) is 30.6 Å². The predicted octanol–water partition coefficient (Wildman–Crippen LogP) is 0.670. The SMILES string of the molecule is CNc1nc(NC(C)(C)C(C)O)nc(-n2ccnc2)n1. The number of aliphatic hydroxyl groups is 1. The van der Waals surface area contributed by atoms with Gasteiger partial charge in [0, 0.05) is 19.4 Å². The Balaban J connectivity index is 2.36. The van der Waals surface area contributed by atoms with Crippen molar-refractivity contribution in [2.45, 2.75) is 32.4 Å². The third-order valence-electron chi connectivity index (χ3n) is 3.06. The Morgan fingerprint density at radius 3 is 2.50 bits per heavy atom. The Morgan fingerprint density at radius 2 is 1.95 bits per heavy atom. The molecule has 1 unspecified atom stereocenters. The highest BCUT2D eigenvalue weighted by Crippen LogP contribution is 2.17. The average molecular weight is 277 g/mol. The smallest absolute Gasteiger partial charge is 0.241 e. The molecule has 20 heavy (non-hydrogen) atoms. The molecule has 0 amide bonds. The van der Waals surface area contributed by atoms with Crippen LogP contribution < -0.4 is 10.6 Å². The first-order chi connectivity index (χ1) is 9.42. The summed E-state index contributed by atoms with van der Waals surface area (Å²) in [5.74, 6) is 1.28. The van der Waals surface area contributed by atoms with Crippen LogP contribution in [0.15, 0.2) is 18.7 Å². The molecule has 1 atom stereocenters. The van der Waals surface area contributed by atoms with E-state index in [1.54, 1.807) is 37.3 Å². The van der Waals surface area contributed by atoms with E-state index in [0.29, 0.717) is 17.8 Å². The zero-order valence-electron chi connectivity index (χ0n) is 12.0. The molecule has 0 saturated carbocycles. The fourth-order valence-corrected chi connectivity index (χ4v) is 1.42. The predicted molar refractivity (Wildman–Crippen MR) is 75.9 cm³/mol. The first-order valence-electron chi connectivity index (χ1n) is 6.31. The molecule has 0 fully saturated rings. The topological polar surface area (TPSA) is 101 Å². The van der Waals surface area contributed by atoms with Crippen LogP contribution in [0.3, 0.4) is 0 Å². The fourth-order valence-electron chi connectivity index (χ4n) is 1.42. The molecule has 0 spiro atoms. The van der Waals surface area contributed by atoms with Crippen molar-refractivity contribution in [3.63, 3.8) is 0 Å². The number of hydrogen-bond donors (Lipinski definition) is 3. The second kappa shape index (κ2) is 5.41. The lowest BCUT2D eigenvalue weighted by Gasteiger charge is -2.29. The molecular formula is C12H19N7O. The highest BCUT2D eigenvalue weighted by atomic mass is 16.3. The summed E-state index contributed by atoms with van der Waals surface area (Å²) in [5, 5.41) is 15.8. The number of anilines is 2. The first-order valence-corrected chi connectivity index (χ1v) is 6.31. The highest BCUT2D eigenvalue weighted by molar-refractivity contribution is 5.39. The van der Waals surface area contributed by atoms with Gasteiger partial charge in [-0.1, -0.05) is 0 Å². The van der Waals surface area contributed by atoms with Crippen molar-refractivity contribution in [3.8, 4) is 5.95 Å². The Kier molecular flexibility index (Phi) is 3.84. The number of nitrogens with one attached hydrogen (secondary N) is 2. The quantitative estimate of drug-likeness (QED) is 0.738. The van der Waals surface area contributed by atoms with Crippen LogP contribution >= 0.6 is 0 Å². The van der Waals surface area contributed by atoms with Crippen molar-refractivity contribution in [1.29, 1.82) is 0 Å². The average Bonchev–Trinajstić information content (AvgIpc) is 2.91. The molecule has 0 aliphatic carbocycles. The summed E-state index contributed by atoms with van der Waals surface area (Å²) in [6, 6.07) is 0. The Labute approximate surface area is 117 Å². The van der Waals surface area contributed by atoms with Crippen LogP contribution in [0.4, 0.5) is 11.9 Å². The maximum absolute atomic E-state index is 9.76. The third-order valence-corrected chi connectivity index (χ3v) is 3.06. The van der Waals surface area contributed by atoms with E-state index >= 15 is 0 Å². The maximum Gasteiger partial charge on any atom is 0.241 e. The molecule has 0 bridgehead atoms. The van der Waals surface area contributed by atoms with Crippen molar-refractivity contribution in [2.24, 2.45) is 0 Å². The zero-order valence-corrected chi connectivity index (χ0v) is 12.0. The lowest BCUT2D eigenvalue weighted by atomic mass is 9.99. The maximum atomic E-state index is 9.76. The summed E-state index contributed by atoms with van der Waals surface area (Å²) >= 11 is 0. The standard InChI is InChI=1S/C12H19N7O/c1-8(20)12(2,3)18-10-15-9(13-4)16-11(17-10)19-6-5-14-7-19/h5-8,20H,1-4H3,(H2,13,15,16,17,18). The van der Waals surface area contributed by atoms with Crippen LogP contribution in [0.5, 0.6) is 0 Å². The fraction of sp³-hybridized carbons (Fsp3) is 0.500. The van der Waals surface area contributed by atoms with Gasteiger partial charge in [-0.2, -0.15) is 15.0 Å². The van der Waals surface area contributed by atoms with E-state index in [1.807, 2.05) is 13.8 Å². The van der Waals surface area contributed by atoms with E-state index in [-0.39, 0.29) is 0 Å². The van der Waals surface area contributed by atoms with Crippen molar-refractivity contribution in [3.05, 3.63) is 18.7 Å². The van der Waals surface area contributed by atoms with Crippen molar-refractivity contribution in [2.75, 3.05) is 17.7 Å². The Bertz CT molecular complexity index is 565. The van der Waals surface area contributed by atoms with Gasteiger partial charge in [-0.3, -0.25) is 4.57 Å². The highest BCUT2D eigenvalue weighted by Gasteiger charge is 2.25. The molecule has 8 nitrogen and oxygen atoms in total. The van der Waals surface area contributed by atoms with Gasteiger partial charge in [0.05, 0.1) is 11.6 Å². The molecule has 2 aromatic rings. The summed E-state index contributed by atoms with van der Waals surface area (Å²) in [5.41, 5.74) is -0.557. The molecule has 2 aromatic heterocycles. The molecule has 108 valence electrons. The van der Waals surface area contributed by atoms with Crippen LogP contribution in [0.1, 0.15) is 20.8 Å². The van der Waals surface area contributed by atoms with Crippen molar-refractivity contribution in [1.82, 2.24) is 24.5 Å². The van der Waals surface area contributed by atoms with Gasteiger partial charge in [0.2, 0.25) is 17.8 Å². The van der Waals surface area contributed by atoms with Crippen LogP contribution in [0.25, 0.3) is 5.95 Å². The minimum Gasteiger partial charge on any atom is -0.391 e. The zero-order chi connectivity index (χ0) is 14.8. The van der Waals surface area contributed by atoms with Gasteiger partial charge in [-0.15, -0.1) is 0 Å². The van der Waals surface area contributed by atoms with Gasteiger partial charge in [0.25, 0.3) is 0 Å². The van der Waals surface area contributed by atoms with E-state index in [1.165, 1.54) is 0 Å². The summed E-state index contributed by atoms with van der Waals surface area (Å²) in [6.07, 6.45) is 4.45. The largest absolute Gasteiger partial charge is 0.391 e. The number of hydrogen-bond acceptors (Lipinski definition) is 7. The number of imidazole rings is 1. The van der Waals surface area contributed by atoms with Crippen LogP contribution in [0, 0.1) is 0 Å². The van der Waals surface area contributed by atoms with Gasteiger partial charge in [0.1, 0.15) is 6.33 Å². The molecule has 8 heteroatoms. The number of nitrogens with zero attached hydrogens (tertiary/aromatic N) is 5. The van der Waals surface area contributed by atoms with Crippen molar-refractivity contribution < 1.29 is 5.11 Å². The van der Waals surface area contributed by atoms with Gasteiger partial charge in [-0.25, -0.2) is 4.98 Å². The van der Waals surface area contributed by atoms with E-state index in [4.69, 9.17) is 0 Å². The molecule has 0 aliphatic heterocycles. The molecule has 0 saturated heterocycles. The lowest BCUT2D eigenvalue weighted by molar-refractivity contribution is 0.132. The summed E-state index contributed by atoms with van der Waals surface area (Å²) in [4.78, 5) is 16.8. The van der Waals surface area contributed by atoms with Gasteiger partial charge in [0.15, 0.2) is 0 Å². The Morgan fingerprint density at radius 1 is 1.25 bits per heavy atom. The van der Waals surface area contributed by atoms with Crippen molar-refractivity contribution >= 4 is 11.9 Å². The number of rotatable bonds is 5. The molecule has 0 radical (unpaired) electrons. The Hall–Kier alpha value is -2.22. The molecule has 2 heterocycles. The summed E-state index contributed by atoms with van der Waals surface area (Å²) in [7, 11) is 1.73. The van der Waals surface area contributed by atoms with E-state index in [0.717, 1.165) is 0 Å². The van der Waals surface area contributed by atoms with Crippen LogP contribution in [-0.2, 0) is 0 Å². The molecule has 0 aliphatic rings. The van der Waals surface area contributed by atoms with E-state index < -0.39 is 11.6 Å². The minimum atomic E-state index is -0.561. The molecule has 0 aromatic carbocycles. The second-order valence-corrected chi connectivity index (χ2v) is 5.03. The summed E-state index contributed by atoms with van der Waals surface area (Å²) < 4.78 is 1.68. The van der Waals surface area contributed by atoms with Gasteiger partial charge in [-0.05, 0) is 20.8 Å². The number of aromatic nitrogens is 5. The third kappa shape index (κ3) is 3.02. The van der Waals surface area contributed by atoms with Crippen LogP contribution in [-0.4, -0.2) is 48.3 Å².